The number of hydrogen-bond donors (Lipinski definition) is 2. The lowest BCUT2D eigenvalue weighted by atomic mass is 10.2. The van der Waals surface area contributed by atoms with E-state index >= 15 is 0 Å². The largest absolute Gasteiger partial charge is 0.495 e. The molecule has 0 saturated heterocycles. The van der Waals surface area contributed by atoms with Crippen molar-refractivity contribution in [1.29, 1.82) is 0 Å². The minimum Gasteiger partial charge on any atom is -0.495 e. The van der Waals surface area contributed by atoms with Gasteiger partial charge in [0.15, 0.2) is 0 Å². The molecule has 1 rings (SSSR count). The SMILES string of the molecule is COc1cc(NCCNC(=O)OC(C)(C)C)c(OC)cc1Cl. The van der Waals surface area contributed by atoms with Crippen molar-refractivity contribution in [2.75, 3.05) is 32.6 Å². The van der Waals surface area contributed by atoms with Crippen LogP contribution in [0.15, 0.2) is 12.1 Å². The molecule has 22 heavy (non-hydrogen) atoms. The third-order valence-electron chi connectivity index (χ3n) is 2.58. The molecule has 1 aromatic rings. The Morgan fingerprint density at radius 1 is 1.14 bits per heavy atom. The maximum atomic E-state index is 11.5. The fourth-order valence-corrected chi connectivity index (χ4v) is 1.91. The summed E-state index contributed by atoms with van der Waals surface area (Å²) in [5, 5.41) is 6.28. The number of halogens is 1. The highest BCUT2D eigenvalue weighted by Gasteiger charge is 2.15. The van der Waals surface area contributed by atoms with Crippen LogP contribution in [0.1, 0.15) is 20.8 Å². The molecule has 1 aromatic carbocycles. The van der Waals surface area contributed by atoms with Gasteiger partial charge in [0, 0.05) is 25.2 Å². The number of nitrogens with one attached hydrogen (secondary N) is 2. The Balaban J connectivity index is 2.53. The summed E-state index contributed by atoms with van der Waals surface area (Å²) >= 11 is 6.04. The van der Waals surface area contributed by atoms with E-state index in [2.05, 4.69) is 10.6 Å². The van der Waals surface area contributed by atoms with Crippen molar-refractivity contribution in [3.63, 3.8) is 0 Å². The van der Waals surface area contributed by atoms with E-state index in [1.54, 1.807) is 26.4 Å². The number of carbonyl (C=O) groups is 1. The van der Waals surface area contributed by atoms with Crippen molar-refractivity contribution in [3.05, 3.63) is 17.2 Å². The molecule has 6 nitrogen and oxygen atoms in total. The summed E-state index contributed by atoms with van der Waals surface area (Å²) in [7, 11) is 3.10. The van der Waals surface area contributed by atoms with Gasteiger partial charge in [-0.1, -0.05) is 11.6 Å². The Labute approximate surface area is 136 Å². The van der Waals surface area contributed by atoms with Gasteiger partial charge in [-0.3, -0.25) is 0 Å². The fourth-order valence-electron chi connectivity index (χ4n) is 1.67. The monoisotopic (exact) mass is 330 g/mol. The Morgan fingerprint density at radius 2 is 1.77 bits per heavy atom. The van der Waals surface area contributed by atoms with E-state index in [1.165, 1.54) is 0 Å². The van der Waals surface area contributed by atoms with E-state index in [1.807, 2.05) is 20.8 Å². The van der Waals surface area contributed by atoms with Gasteiger partial charge in [0.25, 0.3) is 0 Å². The highest BCUT2D eigenvalue weighted by Crippen LogP contribution is 2.35. The third-order valence-corrected chi connectivity index (χ3v) is 2.88. The number of carbonyl (C=O) groups excluding carboxylic acids is 1. The highest BCUT2D eigenvalue weighted by atomic mass is 35.5. The predicted octanol–water partition coefficient (Wildman–Crippen LogP) is 3.29. The van der Waals surface area contributed by atoms with Crippen LogP contribution in [0.4, 0.5) is 10.5 Å². The lowest BCUT2D eigenvalue weighted by Crippen LogP contribution is -2.35. The van der Waals surface area contributed by atoms with Crippen LogP contribution in [0.25, 0.3) is 0 Å². The molecule has 124 valence electrons. The normalized spacial score (nSPS) is 10.8. The van der Waals surface area contributed by atoms with E-state index in [4.69, 9.17) is 25.8 Å². The average Bonchev–Trinajstić information content (AvgIpc) is 2.42. The van der Waals surface area contributed by atoms with Crippen LogP contribution in [-0.4, -0.2) is 39.0 Å². The second-order valence-corrected chi connectivity index (χ2v) is 5.95. The Morgan fingerprint density at radius 3 is 2.32 bits per heavy atom. The minimum absolute atomic E-state index is 0.406. The number of amides is 1. The molecule has 0 heterocycles. The first-order valence-corrected chi connectivity index (χ1v) is 7.27. The van der Waals surface area contributed by atoms with Gasteiger partial charge in [0.1, 0.15) is 17.1 Å². The molecule has 0 radical (unpaired) electrons. The molecule has 0 aliphatic heterocycles. The molecule has 0 unspecified atom stereocenters. The Hall–Kier alpha value is -1.82. The van der Waals surface area contributed by atoms with Crippen LogP contribution in [0.5, 0.6) is 11.5 Å². The molecule has 1 amide bonds. The molecule has 0 atom stereocenters. The molecule has 0 saturated carbocycles. The number of methoxy groups -OCH3 is 2. The maximum Gasteiger partial charge on any atom is 0.407 e. The van der Waals surface area contributed by atoms with Crippen molar-refractivity contribution < 1.29 is 19.0 Å². The van der Waals surface area contributed by atoms with E-state index < -0.39 is 11.7 Å². The van der Waals surface area contributed by atoms with Crippen molar-refractivity contribution in [2.45, 2.75) is 26.4 Å². The van der Waals surface area contributed by atoms with Gasteiger partial charge in [0.05, 0.1) is 24.9 Å². The standard InChI is InChI=1S/C15H23ClN2O4/c1-15(2,3)22-14(19)18-7-6-17-11-9-12(20-4)10(16)8-13(11)21-5/h8-9,17H,6-7H2,1-5H3,(H,18,19). The van der Waals surface area contributed by atoms with Crippen LogP contribution in [0.3, 0.4) is 0 Å². The first-order chi connectivity index (χ1) is 10.3. The maximum absolute atomic E-state index is 11.5. The van der Waals surface area contributed by atoms with Gasteiger partial charge in [0.2, 0.25) is 0 Å². The summed E-state index contributed by atoms with van der Waals surface area (Å²) in [5.41, 5.74) is 0.222. The molecule has 2 N–H and O–H groups in total. The second kappa shape index (κ2) is 7.98. The number of rotatable bonds is 6. The molecule has 0 fully saturated rings. The zero-order valence-corrected chi connectivity index (χ0v) is 14.3. The van der Waals surface area contributed by atoms with Crippen LogP contribution < -0.4 is 20.1 Å². The van der Waals surface area contributed by atoms with Gasteiger partial charge in [-0.25, -0.2) is 4.79 Å². The molecule has 0 aromatic heterocycles. The van der Waals surface area contributed by atoms with E-state index in [9.17, 15) is 4.79 Å². The summed E-state index contributed by atoms with van der Waals surface area (Å²) in [5.74, 6) is 1.15. The Kier molecular flexibility index (Phi) is 6.61. The molecular formula is C15H23ClN2O4. The van der Waals surface area contributed by atoms with Crippen molar-refractivity contribution >= 4 is 23.4 Å². The van der Waals surface area contributed by atoms with Crippen molar-refractivity contribution in [2.24, 2.45) is 0 Å². The van der Waals surface area contributed by atoms with E-state index in [0.717, 1.165) is 5.69 Å². The molecule has 0 aliphatic rings. The van der Waals surface area contributed by atoms with Crippen molar-refractivity contribution in [1.82, 2.24) is 5.32 Å². The highest BCUT2D eigenvalue weighted by molar-refractivity contribution is 6.32. The summed E-state index contributed by atoms with van der Waals surface area (Å²) in [6.45, 7) is 6.35. The topological polar surface area (TPSA) is 68.8 Å². The lowest BCUT2D eigenvalue weighted by molar-refractivity contribution is 0.0530. The summed E-state index contributed by atoms with van der Waals surface area (Å²) < 4.78 is 15.6. The van der Waals surface area contributed by atoms with Crippen LogP contribution >= 0.6 is 11.6 Å². The number of anilines is 1. The van der Waals surface area contributed by atoms with Gasteiger partial charge in [-0.15, -0.1) is 0 Å². The minimum atomic E-state index is -0.510. The molecular weight excluding hydrogens is 308 g/mol. The number of benzene rings is 1. The smallest absolute Gasteiger partial charge is 0.407 e. The average molecular weight is 331 g/mol. The van der Waals surface area contributed by atoms with Gasteiger partial charge < -0.3 is 24.8 Å². The van der Waals surface area contributed by atoms with Gasteiger partial charge in [-0.2, -0.15) is 0 Å². The van der Waals surface area contributed by atoms with Crippen molar-refractivity contribution in [3.8, 4) is 11.5 Å². The molecule has 7 heteroatoms. The molecule has 0 spiro atoms. The van der Waals surface area contributed by atoms with Gasteiger partial charge in [-0.05, 0) is 20.8 Å². The first kappa shape index (κ1) is 18.2. The predicted molar refractivity (Wildman–Crippen MR) is 87.3 cm³/mol. The van der Waals surface area contributed by atoms with Crippen LogP contribution in [0, 0.1) is 0 Å². The third kappa shape index (κ3) is 5.89. The summed E-state index contributed by atoms with van der Waals surface area (Å²) in [4.78, 5) is 11.5. The quantitative estimate of drug-likeness (QED) is 0.783. The molecule has 0 aliphatic carbocycles. The van der Waals surface area contributed by atoms with E-state index in [-0.39, 0.29) is 0 Å². The zero-order valence-electron chi connectivity index (χ0n) is 13.6. The van der Waals surface area contributed by atoms with Crippen LogP contribution in [0.2, 0.25) is 5.02 Å². The number of alkyl carbamates (subject to hydrolysis) is 1. The van der Waals surface area contributed by atoms with Gasteiger partial charge >= 0.3 is 6.09 Å². The fraction of sp³-hybridized carbons (Fsp3) is 0.533. The summed E-state index contributed by atoms with van der Waals surface area (Å²) in [6, 6.07) is 3.42. The lowest BCUT2D eigenvalue weighted by Gasteiger charge is -2.20. The summed E-state index contributed by atoms with van der Waals surface area (Å²) in [6.07, 6.45) is -0.449. The molecule has 0 bridgehead atoms. The zero-order chi connectivity index (χ0) is 16.8. The van der Waals surface area contributed by atoms with E-state index in [0.29, 0.717) is 29.6 Å². The number of ether oxygens (including phenoxy) is 3. The Bertz CT molecular complexity index is 515. The second-order valence-electron chi connectivity index (χ2n) is 5.54. The first-order valence-electron chi connectivity index (χ1n) is 6.89. The van der Waals surface area contributed by atoms with Crippen LogP contribution in [-0.2, 0) is 4.74 Å². The number of hydrogen-bond acceptors (Lipinski definition) is 5.